The monoisotopic (exact) mass is 206 g/mol. The molecule has 0 rings (SSSR count). The predicted molar refractivity (Wildman–Crippen MR) is 35.1 cm³/mol. The molecule has 0 fully saturated rings. The van der Waals surface area contributed by atoms with Crippen molar-refractivity contribution in [3.63, 3.8) is 0 Å². The average molecular weight is 206 g/mol. The van der Waals surface area contributed by atoms with Crippen LogP contribution in [0.15, 0.2) is 0 Å². The van der Waals surface area contributed by atoms with Crippen LogP contribution in [-0.4, -0.2) is 50.8 Å². The van der Waals surface area contributed by atoms with Crippen molar-refractivity contribution < 1.29 is 33.3 Å². The summed E-state index contributed by atoms with van der Waals surface area (Å²) in [4.78, 5) is 35.9. The van der Waals surface area contributed by atoms with Gasteiger partial charge in [0.25, 0.3) is 0 Å². The lowest BCUT2D eigenvalue weighted by atomic mass is 15.8. The van der Waals surface area contributed by atoms with E-state index >= 15 is 0 Å². The first-order chi connectivity index (χ1) is 3.73. The van der Waals surface area contributed by atoms with Crippen molar-refractivity contribution in [2.75, 3.05) is 0 Å². The lowest BCUT2D eigenvalue weighted by Gasteiger charge is -1.82. The van der Waals surface area contributed by atoms with E-state index in [1.165, 1.54) is 0 Å². The molecular formula is H8AlO7PSi. The summed E-state index contributed by atoms with van der Waals surface area (Å²) in [5.41, 5.74) is 0. The molecule has 0 aliphatic carbocycles. The standard InChI is InChI=1S/Al.H3O4P.H2O3Si.3H/c;1-5(2,3)4;1-4(2)3;;;/h;(H3,1,2,3,4);1-2H;;;. The highest BCUT2D eigenvalue weighted by Crippen LogP contribution is 2.25. The average Bonchev–Trinajstić information content (AvgIpc) is 1.19. The van der Waals surface area contributed by atoms with E-state index in [2.05, 4.69) is 0 Å². The third-order valence-corrected chi connectivity index (χ3v) is 0. The maximum atomic E-state index is 8.88. The highest BCUT2D eigenvalue weighted by atomic mass is 31.2. The van der Waals surface area contributed by atoms with Gasteiger partial charge < -0.3 is 24.3 Å². The van der Waals surface area contributed by atoms with Crippen LogP contribution in [-0.2, 0) is 9.03 Å². The summed E-state index contributed by atoms with van der Waals surface area (Å²) >= 11 is 0. The molecule has 5 N–H and O–H groups in total. The molecule has 0 bridgehead atoms. The molecule has 0 aliphatic heterocycles. The Morgan fingerprint density at radius 3 is 1.10 bits per heavy atom. The Bertz CT molecular complexity index is 113. The summed E-state index contributed by atoms with van der Waals surface area (Å²) in [6.45, 7) is 0. The molecule has 0 aliphatic rings. The van der Waals surface area contributed by atoms with E-state index in [9.17, 15) is 0 Å². The number of hydrogen-bond acceptors (Lipinski definition) is 2. The molecule has 0 saturated heterocycles. The Hall–Kier alpha value is 0.259. The molecule has 0 saturated carbocycles. The van der Waals surface area contributed by atoms with Gasteiger partial charge >= 0.3 is 17.0 Å². The topological polar surface area (TPSA) is 135 Å². The summed E-state index contributed by atoms with van der Waals surface area (Å²) < 4.78 is 17.6. The molecular weight excluding hydrogens is 198 g/mol. The second-order valence-corrected chi connectivity index (χ2v) is 2.39. The smallest absolute Gasteiger partial charge is 0.511 e. The first-order valence-electron chi connectivity index (χ1n) is 1.43. The predicted octanol–water partition coefficient (Wildman–Crippen LogP) is -3.73. The first kappa shape index (κ1) is 16.7. The summed E-state index contributed by atoms with van der Waals surface area (Å²) in [6, 6.07) is 0. The molecule has 62 valence electrons. The Morgan fingerprint density at radius 1 is 1.10 bits per heavy atom. The van der Waals surface area contributed by atoms with Gasteiger partial charge in [-0.05, 0) is 0 Å². The van der Waals surface area contributed by atoms with Crippen LogP contribution in [0.25, 0.3) is 0 Å². The van der Waals surface area contributed by atoms with E-state index < -0.39 is 17.0 Å². The minimum atomic E-state index is -4.64. The Balaban J connectivity index is -0.0000000910. The summed E-state index contributed by atoms with van der Waals surface area (Å²) in [5.74, 6) is 0. The van der Waals surface area contributed by atoms with Crippen LogP contribution in [0, 0.1) is 0 Å². The van der Waals surface area contributed by atoms with Crippen molar-refractivity contribution >= 4 is 34.4 Å². The van der Waals surface area contributed by atoms with Gasteiger partial charge in [0, 0.05) is 0 Å². The fourth-order valence-corrected chi connectivity index (χ4v) is 0. The minimum absolute atomic E-state index is 0. The Kier molecular flexibility index (Phi) is 12.3. The molecule has 0 aromatic rings. The van der Waals surface area contributed by atoms with Crippen molar-refractivity contribution in [1.29, 1.82) is 0 Å². The van der Waals surface area contributed by atoms with Crippen molar-refractivity contribution in [3.8, 4) is 0 Å². The third kappa shape index (κ3) is 6470. The fourth-order valence-electron chi connectivity index (χ4n) is 0. The number of rotatable bonds is 0. The van der Waals surface area contributed by atoms with E-state index in [1.807, 2.05) is 0 Å². The SMILES string of the molecule is O=P(O)(O)O.O=[Si](O)O.[AlH3]. The van der Waals surface area contributed by atoms with Gasteiger partial charge in [0.05, 0.1) is 0 Å². The highest BCUT2D eigenvalue weighted by Gasteiger charge is 2.00. The van der Waals surface area contributed by atoms with Crippen molar-refractivity contribution in [2.45, 2.75) is 0 Å². The van der Waals surface area contributed by atoms with Crippen LogP contribution in [0.5, 0.6) is 0 Å². The van der Waals surface area contributed by atoms with Crippen molar-refractivity contribution in [2.24, 2.45) is 0 Å². The lowest BCUT2D eigenvalue weighted by molar-refractivity contribution is 0.275. The van der Waals surface area contributed by atoms with Gasteiger partial charge in [0.1, 0.15) is 0 Å². The molecule has 0 spiro atoms. The zero-order valence-corrected chi connectivity index (χ0v) is 5.89. The van der Waals surface area contributed by atoms with Gasteiger partial charge in [-0.15, -0.1) is 0 Å². The zero-order chi connectivity index (χ0) is 8.08. The molecule has 0 unspecified atom stereocenters. The van der Waals surface area contributed by atoms with Crippen LogP contribution in [0.4, 0.5) is 0 Å². The van der Waals surface area contributed by atoms with E-state index in [0.717, 1.165) is 0 Å². The molecule has 0 radical (unpaired) electrons. The third-order valence-electron chi connectivity index (χ3n) is 0. The summed E-state index contributed by atoms with van der Waals surface area (Å²) in [6.07, 6.45) is 0. The maximum absolute atomic E-state index is 8.88. The van der Waals surface area contributed by atoms with Gasteiger partial charge in [-0.2, -0.15) is 0 Å². The first-order valence-corrected chi connectivity index (χ1v) is 4.30. The Labute approximate surface area is 68.2 Å². The molecule has 0 atom stereocenters. The van der Waals surface area contributed by atoms with E-state index in [4.69, 9.17) is 33.3 Å². The number of phosphoric acid groups is 1. The lowest BCUT2D eigenvalue weighted by Crippen LogP contribution is -1.90. The van der Waals surface area contributed by atoms with Crippen molar-refractivity contribution in [1.82, 2.24) is 0 Å². The van der Waals surface area contributed by atoms with Gasteiger partial charge in [-0.1, -0.05) is 0 Å². The molecule has 0 aromatic heterocycles. The minimum Gasteiger partial charge on any atom is -0.511 e. The summed E-state index contributed by atoms with van der Waals surface area (Å²) in [5, 5.41) is 0. The quantitative estimate of drug-likeness (QED) is 0.203. The van der Waals surface area contributed by atoms with E-state index in [0.29, 0.717) is 0 Å². The van der Waals surface area contributed by atoms with Crippen LogP contribution < -0.4 is 0 Å². The van der Waals surface area contributed by atoms with Crippen LogP contribution >= 0.6 is 7.82 Å². The fraction of sp³-hybridized carbons (Fsp3) is 0. The van der Waals surface area contributed by atoms with Crippen LogP contribution in [0.3, 0.4) is 0 Å². The van der Waals surface area contributed by atoms with Gasteiger partial charge in [0.15, 0.2) is 17.4 Å². The molecule has 0 heterocycles. The van der Waals surface area contributed by atoms with E-state index in [1.54, 1.807) is 0 Å². The Morgan fingerprint density at radius 2 is 1.10 bits per heavy atom. The largest absolute Gasteiger partial charge is 0.761 e. The molecule has 0 aromatic carbocycles. The molecule has 10 heavy (non-hydrogen) atoms. The van der Waals surface area contributed by atoms with Gasteiger partial charge in [-0.3, -0.25) is 4.46 Å². The second-order valence-electron chi connectivity index (χ2n) is 0.796. The maximum Gasteiger partial charge on any atom is 0.761 e. The van der Waals surface area contributed by atoms with Gasteiger partial charge in [-0.25, -0.2) is 4.57 Å². The molecule has 10 heteroatoms. The highest BCUT2D eigenvalue weighted by molar-refractivity contribution is 7.45. The molecule has 7 nitrogen and oxygen atoms in total. The number of hydrogen-bond donors (Lipinski definition) is 5. The summed E-state index contributed by atoms with van der Waals surface area (Å²) in [7, 11) is -7.77. The van der Waals surface area contributed by atoms with Gasteiger partial charge in [0.2, 0.25) is 0 Å². The second kappa shape index (κ2) is 7.37. The van der Waals surface area contributed by atoms with E-state index in [-0.39, 0.29) is 17.4 Å². The van der Waals surface area contributed by atoms with Crippen LogP contribution in [0.1, 0.15) is 0 Å². The molecule has 0 amide bonds. The zero-order valence-electron chi connectivity index (χ0n) is 4.00. The normalized spacial score (nSPS) is 8.30. The van der Waals surface area contributed by atoms with Crippen LogP contribution in [0.2, 0.25) is 0 Å². The van der Waals surface area contributed by atoms with Crippen molar-refractivity contribution in [3.05, 3.63) is 0 Å².